The highest BCUT2D eigenvalue weighted by Gasteiger charge is 2.05. The van der Waals surface area contributed by atoms with Gasteiger partial charge in [0.2, 0.25) is 0 Å². The van der Waals surface area contributed by atoms with E-state index in [0.717, 1.165) is 26.8 Å². The van der Waals surface area contributed by atoms with Crippen LogP contribution in [0.25, 0.3) is 22.3 Å². The quantitative estimate of drug-likeness (QED) is 0.673. The Morgan fingerprint density at radius 3 is 2.53 bits per heavy atom. The van der Waals surface area contributed by atoms with Crippen LogP contribution in [0.3, 0.4) is 0 Å². The molecule has 0 bridgehead atoms. The summed E-state index contributed by atoms with van der Waals surface area (Å²) in [7, 11) is 0. The third kappa shape index (κ3) is 1.94. The highest BCUT2D eigenvalue weighted by atomic mass is 79.9. The van der Waals surface area contributed by atoms with Gasteiger partial charge in [-0.2, -0.15) is 0 Å². The van der Waals surface area contributed by atoms with Crippen LogP contribution in [0.15, 0.2) is 59.2 Å². The lowest BCUT2D eigenvalue weighted by Crippen LogP contribution is -1.90. The number of fused-ring (bicyclic) bond motifs is 1. The molecule has 3 rings (SSSR count). The molecule has 0 saturated heterocycles. The van der Waals surface area contributed by atoms with Crippen molar-refractivity contribution in [2.24, 2.45) is 0 Å². The number of aromatic nitrogens is 2. The Balaban J connectivity index is 2.22. The van der Waals surface area contributed by atoms with E-state index in [2.05, 4.69) is 25.9 Å². The van der Waals surface area contributed by atoms with E-state index in [1.165, 1.54) is 0 Å². The Morgan fingerprint density at radius 2 is 1.65 bits per heavy atom. The van der Waals surface area contributed by atoms with E-state index < -0.39 is 0 Å². The molecule has 1 heterocycles. The zero-order valence-electron chi connectivity index (χ0n) is 8.97. The van der Waals surface area contributed by atoms with Gasteiger partial charge >= 0.3 is 0 Å². The standard InChI is InChI=1S/C14H9BrN2/c15-12-7-3-2-6-11(12)14-16-9-10-5-1-4-8-13(10)17-14/h1-9H. The fourth-order valence-corrected chi connectivity index (χ4v) is 2.21. The van der Waals surface area contributed by atoms with E-state index >= 15 is 0 Å². The van der Waals surface area contributed by atoms with Crippen molar-refractivity contribution in [3.05, 3.63) is 59.2 Å². The first kappa shape index (κ1) is 10.4. The Kier molecular flexibility index (Phi) is 2.61. The van der Waals surface area contributed by atoms with Crippen molar-refractivity contribution in [3.8, 4) is 11.4 Å². The van der Waals surface area contributed by atoms with Crippen LogP contribution >= 0.6 is 15.9 Å². The van der Waals surface area contributed by atoms with E-state index in [1.807, 2.05) is 54.7 Å². The van der Waals surface area contributed by atoms with Crippen LogP contribution in [-0.2, 0) is 0 Å². The number of hydrogen-bond donors (Lipinski definition) is 0. The summed E-state index contributed by atoms with van der Waals surface area (Å²) in [6.45, 7) is 0. The van der Waals surface area contributed by atoms with E-state index in [9.17, 15) is 0 Å². The molecule has 0 saturated carbocycles. The Bertz CT molecular complexity index is 680. The van der Waals surface area contributed by atoms with Crippen LogP contribution in [0, 0.1) is 0 Å². The number of rotatable bonds is 1. The molecule has 2 aromatic carbocycles. The predicted molar refractivity (Wildman–Crippen MR) is 72.7 cm³/mol. The van der Waals surface area contributed by atoms with Crippen molar-refractivity contribution in [2.75, 3.05) is 0 Å². The predicted octanol–water partition coefficient (Wildman–Crippen LogP) is 4.06. The maximum absolute atomic E-state index is 4.57. The van der Waals surface area contributed by atoms with Crippen LogP contribution in [0.1, 0.15) is 0 Å². The van der Waals surface area contributed by atoms with Gasteiger partial charge in [-0.05, 0) is 12.1 Å². The minimum Gasteiger partial charge on any atom is -0.236 e. The zero-order valence-corrected chi connectivity index (χ0v) is 10.6. The van der Waals surface area contributed by atoms with E-state index in [-0.39, 0.29) is 0 Å². The van der Waals surface area contributed by atoms with Crippen LogP contribution in [-0.4, -0.2) is 9.97 Å². The highest BCUT2D eigenvalue weighted by molar-refractivity contribution is 9.10. The molecule has 0 spiro atoms. The maximum atomic E-state index is 4.57. The second kappa shape index (κ2) is 4.26. The summed E-state index contributed by atoms with van der Waals surface area (Å²) < 4.78 is 1.01. The Labute approximate surface area is 107 Å². The van der Waals surface area contributed by atoms with Crippen molar-refractivity contribution in [1.82, 2.24) is 9.97 Å². The van der Waals surface area contributed by atoms with E-state index in [0.29, 0.717) is 0 Å². The van der Waals surface area contributed by atoms with Gasteiger partial charge in [-0.1, -0.05) is 52.3 Å². The molecule has 0 aliphatic rings. The highest BCUT2D eigenvalue weighted by Crippen LogP contribution is 2.25. The van der Waals surface area contributed by atoms with Crippen LogP contribution in [0.4, 0.5) is 0 Å². The number of nitrogens with zero attached hydrogens (tertiary/aromatic N) is 2. The average Bonchev–Trinajstić information content (AvgIpc) is 2.39. The molecule has 0 aliphatic heterocycles. The van der Waals surface area contributed by atoms with Gasteiger partial charge in [-0.25, -0.2) is 9.97 Å². The van der Waals surface area contributed by atoms with Gasteiger partial charge in [0.15, 0.2) is 5.82 Å². The second-order valence-corrected chi connectivity index (χ2v) is 4.59. The van der Waals surface area contributed by atoms with Crippen molar-refractivity contribution in [1.29, 1.82) is 0 Å². The lowest BCUT2D eigenvalue weighted by atomic mass is 10.2. The number of benzene rings is 2. The summed E-state index contributed by atoms with van der Waals surface area (Å²) in [6, 6.07) is 16.0. The Morgan fingerprint density at radius 1 is 0.882 bits per heavy atom. The van der Waals surface area contributed by atoms with Crippen LogP contribution in [0.5, 0.6) is 0 Å². The summed E-state index contributed by atoms with van der Waals surface area (Å²) in [5.74, 6) is 0.746. The minimum absolute atomic E-state index is 0.746. The van der Waals surface area contributed by atoms with Gasteiger partial charge in [0, 0.05) is 21.6 Å². The molecule has 0 fully saturated rings. The average molecular weight is 285 g/mol. The largest absolute Gasteiger partial charge is 0.236 e. The number of halogens is 1. The van der Waals surface area contributed by atoms with Gasteiger partial charge in [-0.15, -0.1) is 0 Å². The molecule has 0 aliphatic carbocycles. The monoisotopic (exact) mass is 284 g/mol. The first-order valence-electron chi connectivity index (χ1n) is 5.31. The van der Waals surface area contributed by atoms with Crippen molar-refractivity contribution < 1.29 is 0 Å². The zero-order chi connectivity index (χ0) is 11.7. The van der Waals surface area contributed by atoms with Crippen molar-refractivity contribution >= 4 is 26.8 Å². The molecule has 3 aromatic rings. The topological polar surface area (TPSA) is 25.8 Å². The molecule has 3 heteroatoms. The summed E-state index contributed by atoms with van der Waals surface area (Å²) in [5, 5.41) is 1.06. The molecular formula is C14H9BrN2. The lowest BCUT2D eigenvalue weighted by molar-refractivity contribution is 1.22. The van der Waals surface area contributed by atoms with Gasteiger partial charge in [0.05, 0.1) is 5.52 Å². The fourth-order valence-electron chi connectivity index (χ4n) is 1.74. The Hall–Kier alpha value is -1.74. The summed E-state index contributed by atoms with van der Waals surface area (Å²) in [4.78, 5) is 8.96. The number of para-hydroxylation sites is 1. The second-order valence-electron chi connectivity index (χ2n) is 3.73. The van der Waals surface area contributed by atoms with Crippen LogP contribution < -0.4 is 0 Å². The third-order valence-corrected chi connectivity index (χ3v) is 3.30. The van der Waals surface area contributed by atoms with Gasteiger partial charge in [0.25, 0.3) is 0 Å². The molecule has 0 atom stereocenters. The molecule has 0 N–H and O–H groups in total. The first-order chi connectivity index (χ1) is 8.34. The summed E-state index contributed by atoms with van der Waals surface area (Å²) in [5.41, 5.74) is 1.98. The SMILES string of the molecule is Brc1ccccc1-c1ncc2ccccc2n1. The molecule has 2 nitrogen and oxygen atoms in total. The molecule has 0 amide bonds. The number of hydrogen-bond acceptors (Lipinski definition) is 2. The van der Waals surface area contributed by atoms with E-state index in [4.69, 9.17) is 0 Å². The molecule has 82 valence electrons. The van der Waals surface area contributed by atoms with Crippen molar-refractivity contribution in [3.63, 3.8) is 0 Å². The smallest absolute Gasteiger partial charge is 0.160 e. The third-order valence-electron chi connectivity index (χ3n) is 2.60. The van der Waals surface area contributed by atoms with Crippen LogP contribution in [0.2, 0.25) is 0 Å². The first-order valence-corrected chi connectivity index (χ1v) is 6.10. The lowest BCUT2D eigenvalue weighted by Gasteiger charge is -2.03. The summed E-state index contributed by atoms with van der Waals surface area (Å²) >= 11 is 3.52. The normalized spacial score (nSPS) is 10.6. The minimum atomic E-state index is 0.746. The maximum Gasteiger partial charge on any atom is 0.160 e. The summed E-state index contributed by atoms with van der Waals surface area (Å²) in [6.07, 6.45) is 1.86. The molecule has 0 radical (unpaired) electrons. The molecular weight excluding hydrogens is 276 g/mol. The van der Waals surface area contributed by atoms with Crippen molar-refractivity contribution in [2.45, 2.75) is 0 Å². The molecule has 0 unspecified atom stereocenters. The van der Waals surface area contributed by atoms with Gasteiger partial charge in [-0.3, -0.25) is 0 Å². The van der Waals surface area contributed by atoms with Gasteiger partial charge < -0.3 is 0 Å². The fraction of sp³-hybridized carbons (Fsp3) is 0. The van der Waals surface area contributed by atoms with E-state index in [1.54, 1.807) is 0 Å². The molecule has 17 heavy (non-hydrogen) atoms. The molecule has 1 aromatic heterocycles. The van der Waals surface area contributed by atoms with Gasteiger partial charge in [0.1, 0.15) is 0 Å².